The molecule has 0 radical (unpaired) electrons. The third kappa shape index (κ3) is 3.09. The molecule has 0 spiro atoms. The van der Waals surface area contributed by atoms with Crippen molar-refractivity contribution in [2.45, 2.75) is 25.0 Å². The van der Waals surface area contributed by atoms with Crippen molar-refractivity contribution in [2.24, 2.45) is 0 Å². The predicted molar refractivity (Wildman–Crippen MR) is 105 cm³/mol. The van der Waals surface area contributed by atoms with Crippen molar-refractivity contribution in [3.05, 3.63) is 78.1 Å². The van der Waals surface area contributed by atoms with Crippen LogP contribution in [-0.2, 0) is 17.6 Å². The third-order valence-electron chi connectivity index (χ3n) is 5.26. The highest BCUT2D eigenvalue weighted by Crippen LogP contribution is 2.38. The van der Waals surface area contributed by atoms with Crippen molar-refractivity contribution in [1.29, 1.82) is 0 Å². The molecule has 140 valence electrons. The Hall–Kier alpha value is -3.34. The fourth-order valence-electron chi connectivity index (χ4n) is 3.87. The van der Waals surface area contributed by atoms with Gasteiger partial charge in [-0.1, -0.05) is 36.4 Å². The van der Waals surface area contributed by atoms with Crippen LogP contribution < -0.4 is 14.8 Å². The second-order valence-electron chi connectivity index (χ2n) is 7.14. The number of carbonyl (C=O) groups excluding carboxylic acids is 1. The van der Waals surface area contributed by atoms with Gasteiger partial charge in [0.2, 0.25) is 0 Å². The predicted octanol–water partition coefficient (Wildman–Crippen LogP) is 3.17. The van der Waals surface area contributed by atoms with Crippen molar-refractivity contribution in [1.82, 2.24) is 10.3 Å². The van der Waals surface area contributed by atoms with Gasteiger partial charge in [0, 0.05) is 30.8 Å². The lowest BCUT2D eigenvalue weighted by molar-refractivity contribution is -0.127. The van der Waals surface area contributed by atoms with E-state index in [1.165, 1.54) is 0 Å². The van der Waals surface area contributed by atoms with E-state index in [9.17, 15) is 4.79 Å². The summed E-state index contributed by atoms with van der Waals surface area (Å²) in [5.74, 6) is 1.61. The summed E-state index contributed by atoms with van der Waals surface area (Å²) in [6.45, 7) is 0.458. The number of hydrogen-bond acceptors (Lipinski definition) is 4. The van der Waals surface area contributed by atoms with Gasteiger partial charge in [-0.15, -0.1) is 0 Å². The number of benzene rings is 2. The number of ether oxygens (including phenoxy) is 2. The monoisotopic (exact) mass is 372 g/mol. The van der Waals surface area contributed by atoms with E-state index in [0.29, 0.717) is 13.0 Å². The van der Waals surface area contributed by atoms with Crippen LogP contribution in [0.1, 0.15) is 11.1 Å². The Balaban J connectivity index is 1.23. The highest BCUT2D eigenvalue weighted by atomic mass is 16.5. The molecular formula is C23H20N2O3. The number of nitrogens with one attached hydrogen (secondary N) is 1. The molecule has 0 unspecified atom stereocenters. The zero-order chi connectivity index (χ0) is 18.9. The molecule has 1 amide bonds. The van der Waals surface area contributed by atoms with E-state index in [2.05, 4.69) is 22.4 Å². The van der Waals surface area contributed by atoms with E-state index in [1.54, 1.807) is 12.4 Å². The van der Waals surface area contributed by atoms with Crippen LogP contribution in [0.25, 0.3) is 11.1 Å². The van der Waals surface area contributed by atoms with E-state index in [1.807, 2.05) is 42.5 Å². The highest BCUT2D eigenvalue weighted by Gasteiger charge is 2.31. The normalized spacial score (nSPS) is 19.3. The molecule has 28 heavy (non-hydrogen) atoms. The summed E-state index contributed by atoms with van der Waals surface area (Å²) in [5.41, 5.74) is 4.38. The molecule has 2 aromatic carbocycles. The first-order valence-corrected chi connectivity index (χ1v) is 9.49. The number of nitrogens with zero attached hydrogens (tertiary/aromatic N) is 1. The van der Waals surface area contributed by atoms with Crippen LogP contribution in [0.15, 0.2) is 67.0 Å². The summed E-state index contributed by atoms with van der Waals surface area (Å²) >= 11 is 0. The van der Waals surface area contributed by atoms with Crippen LogP contribution in [0.2, 0.25) is 0 Å². The second-order valence-corrected chi connectivity index (χ2v) is 7.14. The summed E-state index contributed by atoms with van der Waals surface area (Å²) < 4.78 is 12.0. The van der Waals surface area contributed by atoms with Crippen molar-refractivity contribution in [3.63, 3.8) is 0 Å². The lowest BCUT2D eigenvalue weighted by Crippen LogP contribution is -2.42. The van der Waals surface area contributed by atoms with Crippen molar-refractivity contribution in [2.75, 3.05) is 6.54 Å². The lowest BCUT2D eigenvalue weighted by Gasteiger charge is -2.15. The van der Waals surface area contributed by atoms with Gasteiger partial charge in [0.1, 0.15) is 17.6 Å². The highest BCUT2D eigenvalue weighted by molar-refractivity contribution is 5.82. The van der Waals surface area contributed by atoms with E-state index >= 15 is 0 Å². The Bertz CT molecular complexity index is 994. The molecule has 0 saturated heterocycles. The third-order valence-corrected chi connectivity index (χ3v) is 5.26. The largest absolute Gasteiger partial charge is 0.487 e. The molecule has 2 atom stereocenters. The Morgan fingerprint density at radius 1 is 0.964 bits per heavy atom. The minimum Gasteiger partial charge on any atom is -0.487 e. The molecule has 2 aliphatic rings. The number of aromatic nitrogens is 1. The fraction of sp³-hybridized carbons (Fsp3) is 0.217. The first-order chi connectivity index (χ1) is 13.8. The Morgan fingerprint density at radius 3 is 2.64 bits per heavy atom. The molecule has 0 fully saturated rings. The number of carbonyl (C=O) groups is 1. The lowest BCUT2D eigenvalue weighted by atomic mass is 10.0. The van der Waals surface area contributed by atoms with E-state index in [0.717, 1.165) is 40.2 Å². The molecule has 5 nitrogen and oxygen atoms in total. The van der Waals surface area contributed by atoms with Crippen LogP contribution in [0.4, 0.5) is 0 Å². The standard InChI is InChI=1S/C23H20N2O3/c26-23(21-13-16-4-1-2-7-20(16)28-21)25-14-18-12-17-5-3-6-19(22(17)27-18)15-8-10-24-11-9-15/h1-11,18,21H,12-14H2,(H,25,26)/t18-,21-/m1/s1. The van der Waals surface area contributed by atoms with Crippen LogP contribution in [0, 0.1) is 0 Å². The van der Waals surface area contributed by atoms with Crippen LogP contribution in [0.5, 0.6) is 11.5 Å². The summed E-state index contributed by atoms with van der Waals surface area (Å²) in [6.07, 6.45) is 4.40. The molecule has 0 aliphatic carbocycles. The Labute approximate surface area is 163 Å². The van der Waals surface area contributed by atoms with Crippen molar-refractivity contribution in [3.8, 4) is 22.6 Å². The van der Waals surface area contributed by atoms with Crippen LogP contribution in [0.3, 0.4) is 0 Å². The maximum Gasteiger partial charge on any atom is 0.261 e. The van der Waals surface area contributed by atoms with Gasteiger partial charge in [0.25, 0.3) is 5.91 Å². The summed E-state index contributed by atoms with van der Waals surface area (Å²) in [7, 11) is 0. The summed E-state index contributed by atoms with van der Waals surface area (Å²) in [4.78, 5) is 16.6. The SMILES string of the molecule is O=C(NC[C@H]1Cc2cccc(-c3ccncc3)c2O1)[C@H]1Cc2ccccc2O1. The van der Waals surface area contributed by atoms with Gasteiger partial charge in [-0.05, 0) is 34.9 Å². The molecule has 3 aromatic rings. The fourth-order valence-corrected chi connectivity index (χ4v) is 3.87. The average molecular weight is 372 g/mol. The van der Waals surface area contributed by atoms with Crippen LogP contribution >= 0.6 is 0 Å². The molecule has 1 N–H and O–H groups in total. The Kier molecular flexibility index (Phi) is 4.20. The number of para-hydroxylation sites is 2. The smallest absolute Gasteiger partial charge is 0.261 e. The molecule has 2 aliphatic heterocycles. The molecule has 3 heterocycles. The van der Waals surface area contributed by atoms with Gasteiger partial charge >= 0.3 is 0 Å². The molecule has 0 saturated carbocycles. The number of fused-ring (bicyclic) bond motifs is 2. The molecular weight excluding hydrogens is 352 g/mol. The van der Waals surface area contributed by atoms with Crippen LogP contribution in [-0.4, -0.2) is 29.6 Å². The average Bonchev–Trinajstić information content (AvgIpc) is 3.36. The molecule has 1 aromatic heterocycles. The zero-order valence-corrected chi connectivity index (χ0v) is 15.3. The first-order valence-electron chi connectivity index (χ1n) is 9.49. The summed E-state index contributed by atoms with van der Waals surface area (Å²) in [6, 6.07) is 17.9. The van der Waals surface area contributed by atoms with E-state index < -0.39 is 6.10 Å². The van der Waals surface area contributed by atoms with Crippen molar-refractivity contribution < 1.29 is 14.3 Å². The van der Waals surface area contributed by atoms with Crippen molar-refractivity contribution >= 4 is 5.91 Å². The number of rotatable bonds is 4. The first kappa shape index (κ1) is 16.8. The molecule has 0 bridgehead atoms. The maximum atomic E-state index is 12.5. The number of hydrogen-bond donors (Lipinski definition) is 1. The molecule has 5 heteroatoms. The number of pyridine rings is 1. The quantitative estimate of drug-likeness (QED) is 0.764. The minimum absolute atomic E-state index is 0.0780. The Morgan fingerprint density at radius 2 is 1.79 bits per heavy atom. The zero-order valence-electron chi connectivity index (χ0n) is 15.3. The topological polar surface area (TPSA) is 60.5 Å². The summed E-state index contributed by atoms with van der Waals surface area (Å²) in [5, 5.41) is 3.00. The number of amides is 1. The minimum atomic E-state index is -0.464. The van der Waals surface area contributed by atoms with Gasteiger partial charge in [0.05, 0.1) is 6.54 Å². The van der Waals surface area contributed by atoms with E-state index in [-0.39, 0.29) is 12.0 Å². The molecule has 5 rings (SSSR count). The van der Waals surface area contributed by atoms with Gasteiger partial charge < -0.3 is 14.8 Å². The van der Waals surface area contributed by atoms with E-state index in [4.69, 9.17) is 9.47 Å². The van der Waals surface area contributed by atoms with Gasteiger partial charge in [-0.2, -0.15) is 0 Å². The van der Waals surface area contributed by atoms with Gasteiger partial charge in [-0.3, -0.25) is 9.78 Å². The maximum absolute atomic E-state index is 12.5. The van der Waals surface area contributed by atoms with Gasteiger partial charge in [-0.25, -0.2) is 0 Å². The van der Waals surface area contributed by atoms with Gasteiger partial charge in [0.15, 0.2) is 6.10 Å². The second kappa shape index (κ2) is 7.00.